The fraction of sp³-hybridized carbons (Fsp3) is 0.314. The topological polar surface area (TPSA) is 35.9 Å². The van der Waals surface area contributed by atoms with Crippen LogP contribution in [-0.4, -0.2) is 14.1 Å². The standard InChI is InChI=1S/C70H72N4O/c1-65(2,3)46-32-33-71-63(38-46)74-59-23-16-15-20-53(59)54-29-28-49(40-62(54)74)75-50-37-47(66(4,5)6)36-48(39-50)72-43-73(61-25-18-17-24-60(61)72)64-51(44-26-30-55-57(34-44)69(11,12)41-67(55,7)8)21-19-22-52(64)45-27-31-56-58(35-45)70(13,14)42-68(56,9)10/h15-40H,41-42H2,1-14H3. The van der Waals surface area contributed by atoms with Crippen molar-refractivity contribution in [3.05, 3.63) is 198 Å². The van der Waals surface area contributed by atoms with Crippen LogP contribution in [0.5, 0.6) is 11.5 Å². The van der Waals surface area contributed by atoms with E-state index >= 15 is 0 Å². The minimum Gasteiger partial charge on any atom is -0.458 e. The zero-order chi connectivity index (χ0) is 52.8. The second-order valence-corrected chi connectivity index (χ2v) is 26.6. The van der Waals surface area contributed by atoms with Gasteiger partial charge in [-0.2, -0.15) is 0 Å². The molecule has 5 heteroatoms. The molecule has 0 saturated carbocycles. The van der Waals surface area contributed by atoms with Crippen LogP contribution >= 0.6 is 0 Å². The molecular formula is C70H72N4O. The van der Waals surface area contributed by atoms with Gasteiger partial charge in [0.2, 0.25) is 0 Å². The van der Waals surface area contributed by atoms with E-state index in [9.17, 15) is 0 Å². The van der Waals surface area contributed by atoms with Crippen LogP contribution < -0.4 is 9.30 Å². The zero-order valence-electron chi connectivity index (χ0n) is 46.6. The van der Waals surface area contributed by atoms with E-state index in [1.165, 1.54) is 61.0 Å². The van der Waals surface area contributed by atoms with Crippen LogP contribution in [-0.2, 0) is 32.5 Å². The van der Waals surface area contributed by atoms with Crippen molar-refractivity contribution in [1.82, 2.24) is 14.1 Å². The Morgan fingerprint density at radius 2 is 1.07 bits per heavy atom. The maximum atomic E-state index is 7.07. The monoisotopic (exact) mass is 985 g/mol. The first-order valence-electron chi connectivity index (χ1n) is 27.1. The van der Waals surface area contributed by atoms with Gasteiger partial charge < -0.3 is 4.74 Å². The molecule has 0 atom stereocenters. The fourth-order valence-electron chi connectivity index (χ4n) is 13.6. The highest BCUT2D eigenvalue weighted by Crippen LogP contribution is 2.53. The normalized spacial score (nSPS) is 16.5. The van der Waals surface area contributed by atoms with E-state index in [-0.39, 0.29) is 32.5 Å². The minimum atomic E-state index is -0.182. The van der Waals surface area contributed by atoms with Crippen molar-refractivity contribution in [3.63, 3.8) is 0 Å². The Morgan fingerprint density at radius 1 is 0.493 bits per heavy atom. The van der Waals surface area contributed by atoms with E-state index in [1.54, 1.807) is 0 Å². The lowest BCUT2D eigenvalue weighted by Crippen LogP contribution is -2.31. The second kappa shape index (κ2) is 16.6. The Kier molecular flexibility index (Phi) is 10.8. The molecule has 75 heavy (non-hydrogen) atoms. The van der Waals surface area contributed by atoms with Gasteiger partial charge >= 0.3 is 0 Å². The third-order valence-corrected chi connectivity index (χ3v) is 16.9. The first-order chi connectivity index (χ1) is 35.4. The van der Waals surface area contributed by atoms with Crippen LogP contribution in [0.15, 0.2) is 158 Å². The zero-order valence-corrected chi connectivity index (χ0v) is 46.6. The number of pyridine rings is 1. The van der Waals surface area contributed by atoms with Gasteiger partial charge in [-0.3, -0.25) is 13.7 Å². The van der Waals surface area contributed by atoms with E-state index in [1.807, 2.05) is 6.20 Å². The van der Waals surface area contributed by atoms with E-state index in [4.69, 9.17) is 9.72 Å². The van der Waals surface area contributed by atoms with Gasteiger partial charge in [-0.05, 0) is 149 Å². The quantitative estimate of drug-likeness (QED) is 0.118. The summed E-state index contributed by atoms with van der Waals surface area (Å²) >= 11 is 0. The highest BCUT2D eigenvalue weighted by Gasteiger charge is 2.43. The molecule has 0 N–H and O–H groups in total. The number of ether oxygens (including phenoxy) is 1. The van der Waals surface area contributed by atoms with Crippen LogP contribution in [0.2, 0.25) is 0 Å². The third-order valence-electron chi connectivity index (χ3n) is 16.9. The summed E-state index contributed by atoms with van der Waals surface area (Å²) in [6.07, 6.45) is 8.19. The number of hydrogen-bond donors (Lipinski definition) is 0. The Morgan fingerprint density at radius 3 is 1.69 bits per heavy atom. The van der Waals surface area contributed by atoms with Gasteiger partial charge in [0.1, 0.15) is 17.3 Å². The number of rotatable bonds is 7. The average molecular weight is 985 g/mol. The van der Waals surface area contributed by atoms with E-state index in [2.05, 4.69) is 269 Å². The molecule has 0 bridgehead atoms. The molecule has 0 unspecified atom stereocenters. The molecule has 0 radical (unpaired) electrons. The summed E-state index contributed by atoms with van der Waals surface area (Å²) in [4.78, 5) is 4.95. The van der Waals surface area contributed by atoms with E-state index < -0.39 is 0 Å². The van der Waals surface area contributed by atoms with Crippen molar-refractivity contribution in [3.8, 4) is 50.9 Å². The van der Waals surface area contributed by atoms with Gasteiger partial charge in [0.15, 0.2) is 0 Å². The Balaban J connectivity index is 1.04. The number of fused-ring (bicyclic) bond motifs is 6. The first-order valence-corrected chi connectivity index (χ1v) is 27.1. The minimum absolute atomic E-state index is 0.0259. The van der Waals surface area contributed by atoms with Gasteiger partial charge in [-0.25, -0.2) is 4.98 Å². The number of nitrogens with zero attached hydrogens (tertiary/aromatic N) is 4. The largest absolute Gasteiger partial charge is 0.458 e. The average Bonchev–Trinajstić information content (AvgIpc) is 4.08. The SMILES string of the molecule is CC(C)(C)c1cc(Oc2ccc3c4ccccc4n(-c4cc(C(C)(C)C)ccn4)c3c2)cc(-n2[c-][n+](-c3c(-c4ccc5c(c4)C(C)(C)CC5(C)C)cccc3-c3ccc4c(c3)C(C)(C)CC4(C)C)c3ccccc32)c1. The number of benzene rings is 7. The lowest BCUT2D eigenvalue weighted by molar-refractivity contribution is -0.571. The third kappa shape index (κ3) is 8.11. The van der Waals surface area contributed by atoms with Crippen LogP contribution in [0.3, 0.4) is 0 Å². The van der Waals surface area contributed by atoms with Crippen molar-refractivity contribution in [2.75, 3.05) is 0 Å². The number of hydrogen-bond acceptors (Lipinski definition) is 2. The number of aromatic nitrogens is 4. The van der Waals surface area contributed by atoms with Crippen molar-refractivity contribution in [2.45, 2.75) is 142 Å². The Labute approximate surface area is 444 Å². The molecule has 12 rings (SSSR count). The van der Waals surface area contributed by atoms with Crippen LogP contribution in [0.25, 0.3) is 72.3 Å². The maximum absolute atomic E-state index is 7.07. The lowest BCUT2D eigenvalue weighted by atomic mass is 9.82. The molecule has 0 saturated heterocycles. The molecule has 7 aromatic carbocycles. The molecule has 2 aliphatic rings. The van der Waals surface area contributed by atoms with Crippen molar-refractivity contribution in [1.29, 1.82) is 0 Å². The van der Waals surface area contributed by atoms with Crippen molar-refractivity contribution >= 4 is 32.8 Å². The molecule has 0 amide bonds. The molecule has 0 spiro atoms. The smallest absolute Gasteiger partial charge is 0.269 e. The van der Waals surface area contributed by atoms with Crippen LogP contribution in [0.4, 0.5) is 0 Å². The predicted molar refractivity (Wildman–Crippen MR) is 312 cm³/mol. The fourth-order valence-corrected chi connectivity index (χ4v) is 13.6. The summed E-state index contributed by atoms with van der Waals surface area (Å²) in [5.74, 6) is 2.41. The summed E-state index contributed by atoms with van der Waals surface area (Å²) in [6, 6.07) is 56.3. The Hall–Kier alpha value is -7.24. The summed E-state index contributed by atoms with van der Waals surface area (Å²) < 4.78 is 13.9. The van der Waals surface area contributed by atoms with Gasteiger partial charge in [-0.15, -0.1) is 0 Å². The predicted octanol–water partition coefficient (Wildman–Crippen LogP) is 17.8. The van der Waals surface area contributed by atoms with E-state index in [0.29, 0.717) is 0 Å². The first kappa shape index (κ1) is 48.7. The van der Waals surface area contributed by atoms with Crippen LogP contribution in [0, 0.1) is 6.33 Å². The molecule has 3 aromatic heterocycles. The van der Waals surface area contributed by atoms with E-state index in [0.717, 1.165) is 69.0 Å². The molecule has 5 nitrogen and oxygen atoms in total. The highest BCUT2D eigenvalue weighted by molar-refractivity contribution is 6.09. The molecule has 378 valence electrons. The molecule has 2 aliphatic carbocycles. The number of para-hydroxylation sites is 4. The summed E-state index contributed by atoms with van der Waals surface area (Å²) in [5.41, 5.74) is 19.5. The summed E-state index contributed by atoms with van der Waals surface area (Å²) in [5, 5.41) is 2.34. The number of imidazole rings is 1. The Bertz CT molecular complexity index is 3860. The molecular weight excluding hydrogens is 913 g/mol. The lowest BCUT2D eigenvalue weighted by Gasteiger charge is -2.23. The molecule has 10 aromatic rings. The highest BCUT2D eigenvalue weighted by atomic mass is 16.5. The summed E-state index contributed by atoms with van der Waals surface area (Å²) in [7, 11) is 0. The van der Waals surface area contributed by atoms with Crippen molar-refractivity contribution < 1.29 is 9.30 Å². The maximum Gasteiger partial charge on any atom is 0.269 e. The van der Waals surface area contributed by atoms with Gasteiger partial charge in [-0.1, -0.05) is 194 Å². The molecule has 3 heterocycles. The van der Waals surface area contributed by atoms with Gasteiger partial charge in [0.05, 0.1) is 33.4 Å². The van der Waals surface area contributed by atoms with Crippen LogP contribution in [0.1, 0.15) is 143 Å². The molecule has 0 aliphatic heterocycles. The van der Waals surface area contributed by atoms with Gasteiger partial charge in [0, 0.05) is 23.0 Å². The summed E-state index contributed by atoms with van der Waals surface area (Å²) in [6.45, 7) is 32.8. The second-order valence-electron chi connectivity index (χ2n) is 26.6. The molecule has 0 fully saturated rings. The van der Waals surface area contributed by atoms with Crippen molar-refractivity contribution in [2.24, 2.45) is 0 Å². The van der Waals surface area contributed by atoms with Gasteiger partial charge in [0.25, 0.3) is 6.33 Å².